The van der Waals surface area contributed by atoms with Gasteiger partial charge in [0.1, 0.15) is 6.23 Å². The quantitative estimate of drug-likeness (QED) is 0.563. The Morgan fingerprint density at radius 2 is 2.00 bits per heavy atom. The van der Waals surface area contributed by atoms with Crippen LogP contribution in [0.5, 0.6) is 0 Å². The molecule has 2 N–H and O–H groups in total. The van der Waals surface area contributed by atoms with Gasteiger partial charge in [0.25, 0.3) is 0 Å². The summed E-state index contributed by atoms with van der Waals surface area (Å²) in [6.07, 6.45) is -5.19. The lowest BCUT2D eigenvalue weighted by Gasteiger charge is -2.29. The zero-order valence-corrected chi connectivity index (χ0v) is 5.86. The molecule has 0 saturated carbocycles. The molecule has 11 heavy (non-hydrogen) atoms. The van der Waals surface area contributed by atoms with Crippen LogP contribution in [-0.4, -0.2) is 24.1 Å². The topological polar surface area (TPSA) is 32.3 Å². The molecule has 2 atom stereocenters. The van der Waals surface area contributed by atoms with Gasteiger partial charge in [-0.1, -0.05) is 0 Å². The Balaban J connectivity index is 2.55. The van der Waals surface area contributed by atoms with Crippen molar-refractivity contribution in [2.45, 2.75) is 25.2 Å². The molecule has 1 aliphatic heterocycles. The van der Waals surface area contributed by atoms with Gasteiger partial charge in [-0.05, 0) is 19.4 Å². The average Bonchev–Trinajstić information content (AvgIpc) is 1.86. The third-order valence-corrected chi connectivity index (χ3v) is 1.85. The number of aliphatic hydroxyl groups excluding tert-OH is 1. The Labute approximate surface area is 62.4 Å². The molecule has 5 heteroatoms. The van der Waals surface area contributed by atoms with Gasteiger partial charge in [-0.3, -0.25) is 5.32 Å². The highest BCUT2D eigenvalue weighted by molar-refractivity contribution is 4.78. The van der Waals surface area contributed by atoms with E-state index in [0.29, 0.717) is 13.0 Å². The molecule has 2 unspecified atom stereocenters. The van der Waals surface area contributed by atoms with Gasteiger partial charge in [0.2, 0.25) is 0 Å². The highest BCUT2D eigenvalue weighted by Crippen LogP contribution is 2.33. The summed E-state index contributed by atoms with van der Waals surface area (Å²) in [5, 5.41) is 11.2. The molecule has 2 nitrogen and oxygen atoms in total. The van der Waals surface area contributed by atoms with Crippen LogP contribution in [-0.2, 0) is 0 Å². The van der Waals surface area contributed by atoms with E-state index in [1.165, 1.54) is 0 Å². The molecule has 0 aromatic rings. The number of piperidine rings is 1. The van der Waals surface area contributed by atoms with E-state index in [1.54, 1.807) is 0 Å². The average molecular weight is 169 g/mol. The summed E-state index contributed by atoms with van der Waals surface area (Å²) in [6, 6.07) is 0. The summed E-state index contributed by atoms with van der Waals surface area (Å²) < 4.78 is 36.0. The fourth-order valence-electron chi connectivity index (χ4n) is 1.21. The molecular formula is C6H10F3NO. The molecule has 66 valence electrons. The fraction of sp³-hybridized carbons (Fsp3) is 1.00. The molecule has 1 fully saturated rings. The van der Waals surface area contributed by atoms with Gasteiger partial charge in [-0.15, -0.1) is 0 Å². The molecular weight excluding hydrogens is 159 g/mol. The van der Waals surface area contributed by atoms with Crippen molar-refractivity contribution in [2.75, 3.05) is 6.54 Å². The molecule has 0 bridgehead atoms. The van der Waals surface area contributed by atoms with E-state index < -0.39 is 18.3 Å². The number of aliphatic hydroxyl groups is 1. The summed E-state index contributed by atoms with van der Waals surface area (Å²) >= 11 is 0. The van der Waals surface area contributed by atoms with Crippen molar-refractivity contribution in [1.82, 2.24) is 5.32 Å². The van der Waals surface area contributed by atoms with Gasteiger partial charge in [0.15, 0.2) is 0 Å². The maximum absolute atomic E-state index is 12.0. The van der Waals surface area contributed by atoms with E-state index in [1.807, 2.05) is 0 Å². The predicted octanol–water partition coefficient (Wildman–Crippen LogP) is 0.867. The Hall–Kier alpha value is -0.290. The number of alkyl halides is 3. The van der Waals surface area contributed by atoms with Crippen molar-refractivity contribution in [3.8, 4) is 0 Å². The number of rotatable bonds is 0. The van der Waals surface area contributed by atoms with Gasteiger partial charge in [-0.25, -0.2) is 0 Å². The predicted molar refractivity (Wildman–Crippen MR) is 32.8 cm³/mol. The Kier molecular flexibility index (Phi) is 2.39. The largest absolute Gasteiger partial charge is 0.395 e. The molecule has 0 spiro atoms. The first-order chi connectivity index (χ1) is 5.02. The molecule has 0 aromatic heterocycles. The Bertz CT molecular complexity index is 136. The van der Waals surface area contributed by atoms with Crippen molar-refractivity contribution in [3.63, 3.8) is 0 Å². The molecule has 0 radical (unpaired) electrons. The SMILES string of the molecule is OC1NCCCC1C(F)(F)F. The standard InChI is InChI=1S/C6H10F3NO/c7-6(8,9)4-2-1-3-10-5(4)11/h4-5,10-11H,1-3H2. The minimum atomic E-state index is -4.27. The molecule has 1 rings (SSSR count). The fourth-order valence-corrected chi connectivity index (χ4v) is 1.21. The second-order valence-electron chi connectivity index (χ2n) is 2.69. The molecule has 0 aromatic carbocycles. The normalized spacial score (nSPS) is 33.8. The second kappa shape index (κ2) is 2.98. The van der Waals surface area contributed by atoms with E-state index in [9.17, 15) is 13.2 Å². The first-order valence-electron chi connectivity index (χ1n) is 3.50. The minimum absolute atomic E-state index is 0.0255. The van der Waals surface area contributed by atoms with Crippen LogP contribution < -0.4 is 5.32 Å². The van der Waals surface area contributed by atoms with Crippen LogP contribution in [0.25, 0.3) is 0 Å². The summed E-state index contributed by atoms with van der Waals surface area (Å²) in [5.74, 6) is -1.59. The molecule has 1 aliphatic rings. The van der Waals surface area contributed by atoms with Gasteiger partial charge >= 0.3 is 6.18 Å². The number of halogens is 3. The van der Waals surface area contributed by atoms with Crippen LogP contribution in [0.3, 0.4) is 0 Å². The van der Waals surface area contributed by atoms with Gasteiger partial charge < -0.3 is 5.11 Å². The van der Waals surface area contributed by atoms with E-state index in [4.69, 9.17) is 5.11 Å². The lowest BCUT2D eigenvalue weighted by Crippen LogP contribution is -2.47. The minimum Gasteiger partial charge on any atom is -0.378 e. The van der Waals surface area contributed by atoms with Crippen LogP contribution in [0, 0.1) is 5.92 Å². The smallest absolute Gasteiger partial charge is 0.378 e. The maximum Gasteiger partial charge on any atom is 0.395 e. The summed E-state index contributed by atoms with van der Waals surface area (Å²) in [7, 11) is 0. The van der Waals surface area contributed by atoms with Gasteiger partial charge in [0, 0.05) is 0 Å². The lowest BCUT2D eigenvalue weighted by atomic mass is 9.97. The first-order valence-corrected chi connectivity index (χ1v) is 3.50. The Morgan fingerprint density at radius 1 is 1.36 bits per heavy atom. The summed E-state index contributed by atoms with van der Waals surface area (Å²) in [6.45, 7) is 0.466. The first kappa shape index (κ1) is 8.80. The molecule has 0 aliphatic carbocycles. The van der Waals surface area contributed by atoms with Crippen molar-refractivity contribution in [3.05, 3.63) is 0 Å². The third kappa shape index (κ3) is 2.07. The molecule has 0 amide bonds. The Morgan fingerprint density at radius 3 is 2.36 bits per heavy atom. The molecule has 1 saturated heterocycles. The highest BCUT2D eigenvalue weighted by Gasteiger charge is 2.44. The number of nitrogens with one attached hydrogen (secondary N) is 1. The van der Waals surface area contributed by atoms with Crippen LogP contribution in [0.4, 0.5) is 13.2 Å². The summed E-state index contributed by atoms with van der Waals surface area (Å²) in [4.78, 5) is 0. The van der Waals surface area contributed by atoms with Crippen LogP contribution in [0.2, 0.25) is 0 Å². The van der Waals surface area contributed by atoms with Gasteiger partial charge in [-0.2, -0.15) is 13.2 Å². The van der Waals surface area contributed by atoms with Crippen molar-refractivity contribution in [2.24, 2.45) is 5.92 Å². The van der Waals surface area contributed by atoms with Crippen LogP contribution in [0.15, 0.2) is 0 Å². The monoisotopic (exact) mass is 169 g/mol. The summed E-state index contributed by atoms with van der Waals surface area (Å²) in [5.41, 5.74) is 0. The van der Waals surface area contributed by atoms with Crippen molar-refractivity contribution in [1.29, 1.82) is 0 Å². The number of hydrogen-bond acceptors (Lipinski definition) is 2. The van der Waals surface area contributed by atoms with E-state index in [2.05, 4.69) is 5.32 Å². The van der Waals surface area contributed by atoms with Crippen LogP contribution >= 0.6 is 0 Å². The lowest BCUT2D eigenvalue weighted by molar-refractivity contribution is -0.211. The molecule has 1 heterocycles. The van der Waals surface area contributed by atoms with E-state index in [-0.39, 0.29) is 6.42 Å². The van der Waals surface area contributed by atoms with Gasteiger partial charge in [0.05, 0.1) is 5.92 Å². The number of hydrogen-bond donors (Lipinski definition) is 2. The zero-order chi connectivity index (χ0) is 8.48. The van der Waals surface area contributed by atoms with Crippen molar-refractivity contribution < 1.29 is 18.3 Å². The highest BCUT2D eigenvalue weighted by atomic mass is 19.4. The maximum atomic E-state index is 12.0. The zero-order valence-electron chi connectivity index (χ0n) is 5.86. The van der Waals surface area contributed by atoms with E-state index in [0.717, 1.165) is 0 Å². The second-order valence-corrected chi connectivity index (χ2v) is 2.69. The van der Waals surface area contributed by atoms with E-state index >= 15 is 0 Å². The third-order valence-electron chi connectivity index (χ3n) is 1.85. The van der Waals surface area contributed by atoms with Crippen LogP contribution in [0.1, 0.15) is 12.8 Å². The van der Waals surface area contributed by atoms with Crippen molar-refractivity contribution >= 4 is 0 Å².